The fourth-order valence-corrected chi connectivity index (χ4v) is 4.64. The average molecular weight is 398 g/mol. The number of rotatable bonds is 4. The largest absolute Gasteiger partial charge is 0.321 e. The Morgan fingerprint density at radius 1 is 1.25 bits per heavy atom. The highest BCUT2D eigenvalue weighted by molar-refractivity contribution is 7.92. The normalized spacial score (nSPS) is 16.1. The van der Waals surface area contributed by atoms with Crippen molar-refractivity contribution in [1.29, 1.82) is 0 Å². The van der Waals surface area contributed by atoms with Crippen molar-refractivity contribution in [2.45, 2.75) is 19.4 Å². The minimum absolute atomic E-state index is 0.170. The summed E-state index contributed by atoms with van der Waals surface area (Å²) in [6.45, 7) is 1.85. The second kappa shape index (κ2) is 6.71. The van der Waals surface area contributed by atoms with E-state index in [1.807, 2.05) is 6.92 Å². The highest BCUT2D eigenvalue weighted by Crippen LogP contribution is 2.34. The maximum atomic E-state index is 12.6. The van der Waals surface area contributed by atoms with Gasteiger partial charge in [-0.25, -0.2) is 23.1 Å². The number of sulfonamides is 1. The topological polar surface area (TPSA) is 110 Å². The second-order valence-corrected chi connectivity index (χ2v) is 8.51. The maximum absolute atomic E-state index is 12.6. The third kappa shape index (κ3) is 3.33. The van der Waals surface area contributed by atoms with Gasteiger partial charge in [-0.15, -0.1) is 0 Å². The van der Waals surface area contributed by atoms with Crippen LogP contribution in [0.3, 0.4) is 0 Å². The number of pyridine rings is 1. The molecule has 2 aromatic heterocycles. The molecule has 1 unspecified atom stereocenters. The Labute approximate surface area is 162 Å². The van der Waals surface area contributed by atoms with Crippen LogP contribution in [0.25, 0.3) is 5.82 Å². The summed E-state index contributed by atoms with van der Waals surface area (Å²) in [5, 5.41) is 6.79. The van der Waals surface area contributed by atoms with Gasteiger partial charge >= 0.3 is 0 Å². The first-order valence-electron chi connectivity index (χ1n) is 8.57. The summed E-state index contributed by atoms with van der Waals surface area (Å²) in [5.41, 5.74) is 2.47. The Hall–Kier alpha value is -3.27. The average Bonchev–Trinajstić information content (AvgIpc) is 3.27. The zero-order valence-corrected chi connectivity index (χ0v) is 16.1. The standard InChI is InChI=1S/C18H18N6O3S/c1-12-7-14-8-13(3-5-16(14)24(12)28(2,26)27)18(25)22-15-4-6-17(20-9-15)23-11-19-10-21-23/h3-6,8-12H,7H2,1-2H3,(H,22,25). The zero-order valence-electron chi connectivity index (χ0n) is 15.3. The van der Waals surface area contributed by atoms with Gasteiger partial charge in [-0.2, -0.15) is 5.10 Å². The predicted octanol–water partition coefficient (Wildman–Crippen LogP) is 1.63. The molecule has 10 heteroatoms. The molecule has 1 aliphatic heterocycles. The molecule has 1 aliphatic rings. The molecule has 1 amide bonds. The first-order valence-corrected chi connectivity index (χ1v) is 10.4. The van der Waals surface area contributed by atoms with E-state index >= 15 is 0 Å². The Bertz CT molecular complexity index is 1130. The molecule has 1 aromatic carbocycles. The predicted molar refractivity (Wildman–Crippen MR) is 104 cm³/mol. The number of nitrogens with zero attached hydrogens (tertiary/aromatic N) is 5. The van der Waals surface area contributed by atoms with Crippen LogP contribution in [0.5, 0.6) is 0 Å². The fraction of sp³-hybridized carbons (Fsp3) is 0.222. The van der Waals surface area contributed by atoms with Crippen molar-refractivity contribution in [2.24, 2.45) is 0 Å². The molecule has 9 nitrogen and oxygen atoms in total. The van der Waals surface area contributed by atoms with Gasteiger partial charge in [-0.05, 0) is 49.2 Å². The Morgan fingerprint density at radius 3 is 2.71 bits per heavy atom. The molecule has 144 valence electrons. The number of amides is 1. The van der Waals surface area contributed by atoms with Crippen LogP contribution in [0, 0.1) is 0 Å². The lowest BCUT2D eigenvalue weighted by molar-refractivity contribution is 0.102. The van der Waals surface area contributed by atoms with Gasteiger partial charge in [0.1, 0.15) is 12.7 Å². The van der Waals surface area contributed by atoms with E-state index in [2.05, 4.69) is 20.4 Å². The van der Waals surface area contributed by atoms with E-state index in [9.17, 15) is 13.2 Å². The molecule has 28 heavy (non-hydrogen) atoms. The Morgan fingerprint density at radius 2 is 2.07 bits per heavy atom. The fourth-order valence-electron chi connectivity index (χ4n) is 3.37. The SMILES string of the molecule is CC1Cc2cc(C(=O)Nc3ccc(-n4cncn4)nc3)ccc2N1S(C)(=O)=O. The maximum Gasteiger partial charge on any atom is 0.255 e. The van der Waals surface area contributed by atoms with E-state index in [0.29, 0.717) is 29.2 Å². The molecule has 1 atom stereocenters. The highest BCUT2D eigenvalue weighted by atomic mass is 32.2. The second-order valence-electron chi connectivity index (χ2n) is 6.65. The number of carbonyl (C=O) groups is 1. The molecule has 0 fully saturated rings. The summed E-state index contributed by atoms with van der Waals surface area (Å²) in [5.74, 6) is 0.298. The molecular weight excluding hydrogens is 380 g/mol. The number of benzene rings is 1. The molecule has 3 heterocycles. The van der Waals surface area contributed by atoms with Crippen molar-refractivity contribution in [1.82, 2.24) is 19.7 Å². The van der Waals surface area contributed by atoms with Crippen LogP contribution < -0.4 is 9.62 Å². The molecule has 0 aliphatic carbocycles. The van der Waals surface area contributed by atoms with Gasteiger partial charge in [-0.3, -0.25) is 9.10 Å². The highest BCUT2D eigenvalue weighted by Gasteiger charge is 2.32. The van der Waals surface area contributed by atoms with E-state index in [0.717, 1.165) is 5.56 Å². The van der Waals surface area contributed by atoms with Gasteiger partial charge in [0.2, 0.25) is 10.0 Å². The minimum atomic E-state index is -3.36. The zero-order chi connectivity index (χ0) is 19.9. The van der Waals surface area contributed by atoms with Crippen LogP contribution in [0.15, 0.2) is 49.2 Å². The van der Waals surface area contributed by atoms with E-state index in [1.165, 1.54) is 34.1 Å². The van der Waals surface area contributed by atoms with Gasteiger partial charge < -0.3 is 5.32 Å². The number of nitrogens with one attached hydrogen (secondary N) is 1. The van der Waals surface area contributed by atoms with Crippen LogP contribution in [0.1, 0.15) is 22.8 Å². The van der Waals surface area contributed by atoms with Crippen LogP contribution in [0.2, 0.25) is 0 Å². The monoisotopic (exact) mass is 398 g/mol. The Kier molecular flexibility index (Phi) is 4.34. The lowest BCUT2D eigenvalue weighted by atomic mass is 10.1. The molecule has 0 spiro atoms. The van der Waals surface area contributed by atoms with Crippen LogP contribution in [-0.2, 0) is 16.4 Å². The van der Waals surface area contributed by atoms with E-state index in [4.69, 9.17) is 0 Å². The molecule has 0 radical (unpaired) electrons. The minimum Gasteiger partial charge on any atom is -0.321 e. The van der Waals surface area contributed by atoms with Gasteiger partial charge in [0.05, 0.1) is 23.8 Å². The smallest absolute Gasteiger partial charge is 0.255 e. The van der Waals surface area contributed by atoms with E-state index in [1.54, 1.807) is 30.3 Å². The molecule has 0 bridgehead atoms. The van der Waals surface area contributed by atoms with Gasteiger partial charge in [0.25, 0.3) is 5.91 Å². The van der Waals surface area contributed by atoms with Crippen molar-refractivity contribution in [3.63, 3.8) is 0 Å². The van der Waals surface area contributed by atoms with Gasteiger partial charge in [-0.1, -0.05) is 0 Å². The number of aromatic nitrogens is 4. The number of fused-ring (bicyclic) bond motifs is 1. The third-order valence-corrected chi connectivity index (χ3v) is 5.78. The number of hydrogen-bond acceptors (Lipinski definition) is 6. The van der Waals surface area contributed by atoms with E-state index in [-0.39, 0.29) is 11.9 Å². The summed E-state index contributed by atoms with van der Waals surface area (Å²) >= 11 is 0. The molecule has 1 N–H and O–H groups in total. The molecule has 0 saturated carbocycles. The van der Waals surface area contributed by atoms with Crippen molar-refractivity contribution >= 4 is 27.3 Å². The molecule has 4 rings (SSSR count). The summed E-state index contributed by atoms with van der Waals surface area (Å²) in [6, 6.07) is 8.32. The van der Waals surface area contributed by atoms with Crippen molar-refractivity contribution in [2.75, 3.05) is 15.9 Å². The molecule has 0 saturated heterocycles. The third-order valence-electron chi connectivity index (χ3n) is 4.51. The number of anilines is 2. The lowest BCUT2D eigenvalue weighted by Crippen LogP contribution is -2.34. The summed E-state index contributed by atoms with van der Waals surface area (Å²) in [4.78, 5) is 20.7. The summed E-state index contributed by atoms with van der Waals surface area (Å²) < 4.78 is 26.9. The first kappa shape index (κ1) is 18.1. The summed E-state index contributed by atoms with van der Waals surface area (Å²) in [7, 11) is -3.36. The summed E-state index contributed by atoms with van der Waals surface area (Å²) in [6.07, 6.45) is 6.24. The van der Waals surface area contributed by atoms with Crippen molar-refractivity contribution in [3.8, 4) is 5.82 Å². The molecular formula is C18H18N6O3S. The number of hydrogen-bond donors (Lipinski definition) is 1. The van der Waals surface area contributed by atoms with Crippen LogP contribution >= 0.6 is 0 Å². The van der Waals surface area contributed by atoms with Crippen LogP contribution in [0.4, 0.5) is 11.4 Å². The van der Waals surface area contributed by atoms with Gasteiger partial charge in [0, 0.05) is 11.6 Å². The Balaban J connectivity index is 1.53. The lowest BCUT2D eigenvalue weighted by Gasteiger charge is -2.21. The quantitative estimate of drug-likeness (QED) is 0.715. The van der Waals surface area contributed by atoms with Crippen molar-refractivity contribution < 1.29 is 13.2 Å². The van der Waals surface area contributed by atoms with E-state index < -0.39 is 10.0 Å². The van der Waals surface area contributed by atoms with Crippen molar-refractivity contribution in [3.05, 3.63) is 60.3 Å². The van der Waals surface area contributed by atoms with Gasteiger partial charge in [0.15, 0.2) is 5.82 Å². The first-order chi connectivity index (χ1) is 13.3. The number of carbonyl (C=O) groups excluding carboxylic acids is 1. The molecule has 3 aromatic rings. The van der Waals surface area contributed by atoms with Crippen LogP contribution in [-0.4, -0.2) is 46.4 Å².